The molecule has 3 rings (SSSR count). The second-order valence-corrected chi connectivity index (χ2v) is 6.19. The fraction of sp³-hybridized carbons (Fsp3) is 0.350. The molecule has 4 heteroatoms. The highest BCUT2D eigenvalue weighted by molar-refractivity contribution is 6.06. The van der Waals surface area contributed by atoms with Gasteiger partial charge in [-0.25, -0.2) is 0 Å². The number of para-hydroxylation sites is 1. The molecule has 1 fully saturated rings. The Morgan fingerprint density at radius 2 is 2.00 bits per heavy atom. The number of hydrogen-bond acceptors (Lipinski definition) is 3. The Kier molecular flexibility index (Phi) is 5.49. The van der Waals surface area contributed by atoms with Crippen LogP contribution in [-0.2, 0) is 6.54 Å². The van der Waals surface area contributed by atoms with Crippen molar-refractivity contribution >= 4 is 11.6 Å². The highest BCUT2D eigenvalue weighted by Crippen LogP contribution is 2.30. The third kappa shape index (κ3) is 4.59. The Morgan fingerprint density at radius 1 is 1.17 bits per heavy atom. The molecule has 2 aromatic rings. The fourth-order valence-electron chi connectivity index (χ4n) is 2.50. The first kappa shape index (κ1) is 16.5. The molecule has 1 aliphatic rings. The minimum atomic E-state index is -0.137. The Bertz CT molecular complexity index is 696. The van der Waals surface area contributed by atoms with Gasteiger partial charge in [0.1, 0.15) is 5.75 Å². The summed E-state index contributed by atoms with van der Waals surface area (Å²) in [5, 5.41) is 6.26. The Labute approximate surface area is 143 Å². The van der Waals surface area contributed by atoms with Crippen molar-refractivity contribution in [1.29, 1.82) is 0 Å². The van der Waals surface area contributed by atoms with Crippen LogP contribution in [0.15, 0.2) is 48.5 Å². The van der Waals surface area contributed by atoms with E-state index in [-0.39, 0.29) is 5.91 Å². The predicted molar refractivity (Wildman–Crippen MR) is 96.4 cm³/mol. The van der Waals surface area contributed by atoms with Gasteiger partial charge in [0.05, 0.1) is 12.2 Å². The number of nitrogens with one attached hydrogen (secondary N) is 2. The van der Waals surface area contributed by atoms with Crippen LogP contribution < -0.4 is 15.4 Å². The fourth-order valence-corrected chi connectivity index (χ4v) is 2.50. The zero-order valence-electron chi connectivity index (χ0n) is 14.0. The number of benzene rings is 2. The van der Waals surface area contributed by atoms with Crippen LogP contribution in [-0.4, -0.2) is 19.1 Å². The first-order valence-corrected chi connectivity index (χ1v) is 8.59. The maximum Gasteiger partial charge on any atom is 0.259 e. The smallest absolute Gasteiger partial charge is 0.259 e. The third-order valence-corrected chi connectivity index (χ3v) is 4.07. The highest BCUT2D eigenvalue weighted by Gasteiger charge is 2.23. The molecule has 0 spiro atoms. The SMILES string of the molecule is CCNCc1cccc(NC(=O)c2ccccc2OCC2CC2)c1. The molecule has 24 heavy (non-hydrogen) atoms. The largest absolute Gasteiger partial charge is 0.492 e. The van der Waals surface area contributed by atoms with Crippen molar-refractivity contribution in [2.24, 2.45) is 5.92 Å². The Hall–Kier alpha value is -2.33. The summed E-state index contributed by atoms with van der Waals surface area (Å²) in [5.74, 6) is 1.18. The predicted octanol–water partition coefficient (Wildman–Crippen LogP) is 3.84. The average Bonchev–Trinajstić information content (AvgIpc) is 3.43. The van der Waals surface area contributed by atoms with Crippen molar-refractivity contribution in [1.82, 2.24) is 5.32 Å². The van der Waals surface area contributed by atoms with E-state index in [0.717, 1.165) is 24.3 Å². The zero-order valence-corrected chi connectivity index (χ0v) is 14.0. The van der Waals surface area contributed by atoms with Crippen molar-refractivity contribution < 1.29 is 9.53 Å². The van der Waals surface area contributed by atoms with Gasteiger partial charge in [0, 0.05) is 12.2 Å². The molecule has 126 valence electrons. The van der Waals surface area contributed by atoms with Gasteiger partial charge in [-0.1, -0.05) is 31.2 Å². The quantitative estimate of drug-likeness (QED) is 0.776. The van der Waals surface area contributed by atoms with Crippen molar-refractivity contribution in [3.63, 3.8) is 0 Å². The third-order valence-electron chi connectivity index (χ3n) is 4.07. The number of ether oxygens (including phenoxy) is 1. The van der Waals surface area contributed by atoms with Crippen LogP contribution in [0, 0.1) is 5.92 Å². The number of rotatable bonds is 8. The maximum absolute atomic E-state index is 12.6. The highest BCUT2D eigenvalue weighted by atomic mass is 16.5. The number of carbonyl (C=O) groups excluding carboxylic acids is 1. The molecule has 0 bridgehead atoms. The van der Waals surface area contributed by atoms with Crippen LogP contribution in [0.3, 0.4) is 0 Å². The van der Waals surface area contributed by atoms with Crippen LogP contribution in [0.2, 0.25) is 0 Å². The van der Waals surface area contributed by atoms with E-state index in [1.165, 1.54) is 12.8 Å². The van der Waals surface area contributed by atoms with E-state index < -0.39 is 0 Å². The van der Waals surface area contributed by atoms with Crippen LogP contribution in [0.5, 0.6) is 5.75 Å². The van der Waals surface area contributed by atoms with Crippen molar-refractivity contribution in [3.05, 3.63) is 59.7 Å². The molecule has 4 nitrogen and oxygen atoms in total. The lowest BCUT2D eigenvalue weighted by molar-refractivity contribution is 0.102. The van der Waals surface area contributed by atoms with Crippen LogP contribution in [0.1, 0.15) is 35.7 Å². The summed E-state index contributed by atoms with van der Waals surface area (Å²) in [5.41, 5.74) is 2.52. The van der Waals surface area contributed by atoms with E-state index >= 15 is 0 Å². The maximum atomic E-state index is 12.6. The number of hydrogen-bond donors (Lipinski definition) is 2. The van der Waals surface area contributed by atoms with Gasteiger partial charge in [-0.2, -0.15) is 0 Å². The lowest BCUT2D eigenvalue weighted by atomic mass is 10.1. The molecule has 1 amide bonds. The van der Waals surface area contributed by atoms with Crippen molar-refractivity contribution in [2.45, 2.75) is 26.3 Å². The summed E-state index contributed by atoms with van der Waals surface area (Å²) < 4.78 is 5.83. The summed E-state index contributed by atoms with van der Waals surface area (Å²) in [6.07, 6.45) is 2.46. The lowest BCUT2D eigenvalue weighted by Crippen LogP contribution is -2.15. The molecule has 0 unspecified atom stereocenters. The number of carbonyl (C=O) groups is 1. The van der Waals surface area contributed by atoms with E-state index in [1.807, 2.05) is 42.5 Å². The van der Waals surface area contributed by atoms with Crippen LogP contribution in [0.4, 0.5) is 5.69 Å². The Morgan fingerprint density at radius 3 is 2.79 bits per heavy atom. The minimum Gasteiger partial charge on any atom is -0.492 e. The topological polar surface area (TPSA) is 50.4 Å². The summed E-state index contributed by atoms with van der Waals surface area (Å²) >= 11 is 0. The number of anilines is 1. The average molecular weight is 324 g/mol. The summed E-state index contributed by atoms with van der Waals surface area (Å²) in [6, 6.07) is 15.3. The van der Waals surface area contributed by atoms with E-state index in [9.17, 15) is 4.79 Å². The molecular weight excluding hydrogens is 300 g/mol. The van der Waals surface area contributed by atoms with E-state index in [1.54, 1.807) is 6.07 Å². The molecule has 2 aromatic carbocycles. The van der Waals surface area contributed by atoms with Gasteiger partial charge in [-0.05, 0) is 55.1 Å². The molecule has 0 atom stereocenters. The second kappa shape index (κ2) is 7.97. The van der Waals surface area contributed by atoms with Gasteiger partial charge in [-0.3, -0.25) is 4.79 Å². The van der Waals surface area contributed by atoms with Crippen LogP contribution in [0.25, 0.3) is 0 Å². The first-order chi connectivity index (χ1) is 11.8. The van der Waals surface area contributed by atoms with Gasteiger partial charge in [-0.15, -0.1) is 0 Å². The zero-order chi connectivity index (χ0) is 16.8. The molecule has 0 radical (unpaired) electrons. The van der Waals surface area contributed by atoms with E-state index in [4.69, 9.17) is 4.74 Å². The molecule has 0 heterocycles. The van der Waals surface area contributed by atoms with Crippen molar-refractivity contribution in [2.75, 3.05) is 18.5 Å². The summed E-state index contributed by atoms with van der Waals surface area (Å²) in [6.45, 7) is 4.48. The first-order valence-electron chi connectivity index (χ1n) is 8.59. The van der Waals surface area contributed by atoms with Crippen molar-refractivity contribution in [3.8, 4) is 5.75 Å². The van der Waals surface area contributed by atoms with Crippen LogP contribution >= 0.6 is 0 Å². The van der Waals surface area contributed by atoms with Gasteiger partial charge < -0.3 is 15.4 Å². The molecule has 2 N–H and O–H groups in total. The lowest BCUT2D eigenvalue weighted by Gasteiger charge is -2.12. The van der Waals surface area contributed by atoms with E-state index in [0.29, 0.717) is 23.8 Å². The Balaban J connectivity index is 1.68. The summed E-state index contributed by atoms with van der Waals surface area (Å²) in [4.78, 5) is 12.6. The van der Waals surface area contributed by atoms with Gasteiger partial charge in [0.25, 0.3) is 5.91 Å². The molecule has 0 aliphatic heterocycles. The molecular formula is C20H24N2O2. The molecule has 1 saturated carbocycles. The standard InChI is InChI=1S/C20H24N2O2/c1-2-21-13-16-6-5-7-17(12-16)22-20(23)18-8-3-4-9-19(18)24-14-15-10-11-15/h3-9,12,15,21H,2,10-11,13-14H2,1H3,(H,22,23). The van der Waals surface area contributed by atoms with Gasteiger partial charge in [0.2, 0.25) is 0 Å². The van der Waals surface area contributed by atoms with E-state index in [2.05, 4.69) is 17.6 Å². The minimum absolute atomic E-state index is 0.137. The number of amides is 1. The second-order valence-electron chi connectivity index (χ2n) is 6.19. The molecule has 0 aromatic heterocycles. The van der Waals surface area contributed by atoms with Gasteiger partial charge in [0.15, 0.2) is 0 Å². The summed E-state index contributed by atoms with van der Waals surface area (Å²) in [7, 11) is 0. The molecule has 0 saturated heterocycles. The monoisotopic (exact) mass is 324 g/mol. The van der Waals surface area contributed by atoms with Gasteiger partial charge >= 0.3 is 0 Å². The molecule has 1 aliphatic carbocycles. The normalized spacial score (nSPS) is 13.5.